The van der Waals surface area contributed by atoms with E-state index in [4.69, 9.17) is 10.3 Å². The number of nitrogens with zero attached hydrogens (tertiary/aromatic N) is 4. The molecule has 3 aromatic heterocycles. The second kappa shape index (κ2) is 3.31. The zero-order chi connectivity index (χ0) is 12.0. The smallest absolute Gasteiger partial charge is 0.158 e. The van der Waals surface area contributed by atoms with Crippen molar-refractivity contribution in [3.63, 3.8) is 0 Å². The first kappa shape index (κ1) is 9.83. The minimum Gasteiger partial charge on any atom is -0.397 e. The van der Waals surface area contributed by atoms with E-state index in [1.54, 1.807) is 10.9 Å². The molecule has 0 radical (unpaired) electrons. The molecule has 0 aliphatic rings. The first-order chi connectivity index (χ1) is 8.15. The number of rotatable bonds is 1. The van der Waals surface area contributed by atoms with Gasteiger partial charge in [-0.1, -0.05) is 5.16 Å². The van der Waals surface area contributed by atoms with Gasteiger partial charge in [0.25, 0.3) is 0 Å². The Morgan fingerprint density at radius 3 is 2.88 bits per heavy atom. The number of aryl methyl sites for hydroxylation is 2. The maximum absolute atomic E-state index is 5.74. The molecule has 6 nitrogen and oxygen atoms in total. The fourth-order valence-corrected chi connectivity index (χ4v) is 1.82. The number of fused-ring (bicyclic) bond motifs is 1. The van der Waals surface area contributed by atoms with Crippen molar-refractivity contribution in [2.45, 2.75) is 6.92 Å². The average Bonchev–Trinajstić information content (AvgIpc) is 2.83. The van der Waals surface area contributed by atoms with Crippen LogP contribution in [0.25, 0.3) is 22.4 Å². The molecule has 6 heteroatoms. The van der Waals surface area contributed by atoms with Crippen molar-refractivity contribution < 1.29 is 4.52 Å². The van der Waals surface area contributed by atoms with Crippen molar-refractivity contribution >= 4 is 16.7 Å². The predicted molar refractivity (Wildman–Crippen MR) is 63.2 cm³/mol. The Balaban J connectivity index is 2.33. The van der Waals surface area contributed by atoms with Crippen LogP contribution in [-0.4, -0.2) is 19.9 Å². The molecule has 0 atom stereocenters. The molecule has 3 rings (SSSR count). The highest BCUT2D eigenvalue weighted by Crippen LogP contribution is 2.27. The van der Waals surface area contributed by atoms with E-state index in [2.05, 4.69) is 15.2 Å². The second-order valence-corrected chi connectivity index (χ2v) is 3.93. The molecule has 2 N–H and O–H groups in total. The molecule has 0 amide bonds. The van der Waals surface area contributed by atoms with Gasteiger partial charge in [-0.15, -0.1) is 0 Å². The van der Waals surface area contributed by atoms with Crippen molar-refractivity contribution in [3.8, 4) is 11.4 Å². The third kappa shape index (κ3) is 1.45. The SMILES string of the molecule is Cc1cc(-c2nn(C)c3ncc(N)cc23)no1. The van der Waals surface area contributed by atoms with E-state index in [1.165, 1.54) is 0 Å². The first-order valence-corrected chi connectivity index (χ1v) is 5.17. The number of anilines is 1. The number of nitrogen functional groups attached to an aromatic ring is 1. The Morgan fingerprint density at radius 2 is 2.18 bits per heavy atom. The summed E-state index contributed by atoms with van der Waals surface area (Å²) >= 11 is 0. The summed E-state index contributed by atoms with van der Waals surface area (Å²) in [6, 6.07) is 3.68. The van der Waals surface area contributed by atoms with Crippen LogP contribution in [0.3, 0.4) is 0 Å². The van der Waals surface area contributed by atoms with Gasteiger partial charge in [-0.05, 0) is 13.0 Å². The molecule has 0 fully saturated rings. The van der Waals surface area contributed by atoms with Crippen LogP contribution in [0.1, 0.15) is 5.76 Å². The maximum Gasteiger partial charge on any atom is 0.158 e. The normalized spacial score (nSPS) is 11.2. The van der Waals surface area contributed by atoms with Crippen LogP contribution in [0.4, 0.5) is 5.69 Å². The molecule has 0 aliphatic heterocycles. The molecule has 0 unspecified atom stereocenters. The summed E-state index contributed by atoms with van der Waals surface area (Å²) in [6.07, 6.45) is 1.61. The summed E-state index contributed by atoms with van der Waals surface area (Å²) in [5.74, 6) is 0.746. The van der Waals surface area contributed by atoms with Gasteiger partial charge in [0.15, 0.2) is 5.65 Å². The van der Waals surface area contributed by atoms with Crippen LogP contribution in [0, 0.1) is 6.92 Å². The minimum absolute atomic E-state index is 0.604. The van der Waals surface area contributed by atoms with Crippen molar-refractivity contribution in [3.05, 3.63) is 24.1 Å². The number of aromatic nitrogens is 4. The van der Waals surface area contributed by atoms with Gasteiger partial charge in [-0.2, -0.15) is 5.10 Å². The maximum atomic E-state index is 5.74. The van der Waals surface area contributed by atoms with Crippen LogP contribution in [-0.2, 0) is 7.05 Å². The Labute approximate surface area is 97.0 Å². The zero-order valence-electron chi connectivity index (χ0n) is 9.51. The highest BCUT2D eigenvalue weighted by Gasteiger charge is 2.14. The Morgan fingerprint density at radius 1 is 1.35 bits per heavy atom. The molecule has 0 bridgehead atoms. The third-order valence-corrected chi connectivity index (χ3v) is 2.57. The fraction of sp³-hybridized carbons (Fsp3) is 0.182. The van der Waals surface area contributed by atoms with Crippen molar-refractivity contribution in [1.29, 1.82) is 0 Å². The first-order valence-electron chi connectivity index (χ1n) is 5.17. The number of nitrogens with two attached hydrogens (primary N) is 1. The summed E-state index contributed by atoms with van der Waals surface area (Å²) in [5, 5.41) is 9.23. The van der Waals surface area contributed by atoms with Crippen molar-refractivity contribution in [2.75, 3.05) is 5.73 Å². The largest absolute Gasteiger partial charge is 0.397 e. The molecular formula is C11H11N5O. The second-order valence-electron chi connectivity index (χ2n) is 3.93. The average molecular weight is 229 g/mol. The predicted octanol–water partition coefficient (Wildman–Crippen LogP) is 1.51. The Bertz CT molecular complexity index is 697. The van der Waals surface area contributed by atoms with Crippen LogP contribution >= 0.6 is 0 Å². The third-order valence-electron chi connectivity index (χ3n) is 2.57. The molecule has 0 aromatic carbocycles. The van der Waals surface area contributed by atoms with Crippen LogP contribution in [0.2, 0.25) is 0 Å². The topological polar surface area (TPSA) is 82.8 Å². The lowest BCUT2D eigenvalue weighted by Crippen LogP contribution is -1.92. The summed E-state index contributed by atoms with van der Waals surface area (Å²) < 4.78 is 6.76. The van der Waals surface area contributed by atoms with E-state index in [-0.39, 0.29) is 0 Å². The molecule has 0 spiro atoms. The molecular weight excluding hydrogens is 218 g/mol. The van der Waals surface area contributed by atoms with Gasteiger partial charge < -0.3 is 10.3 Å². The van der Waals surface area contributed by atoms with E-state index < -0.39 is 0 Å². The van der Waals surface area contributed by atoms with Gasteiger partial charge in [-0.25, -0.2) is 9.67 Å². The molecule has 3 heterocycles. The van der Waals surface area contributed by atoms with Gasteiger partial charge in [0.05, 0.1) is 17.3 Å². The summed E-state index contributed by atoms with van der Waals surface area (Å²) in [5.41, 5.74) is 8.55. The number of hydrogen-bond donors (Lipinski definition) is 1. The molecule has 0 saturated carbocycles. The molecule has 86 valence electrons. The molecule has 3 aromatic rings. The van der Waals surface area contributed by atoms with E-state index >= 15 is 0 Å². The molecule has 17 heavy (non-hydrogen) atoms. The van der Waals surface area contributed by atoms with E-state index in [9.17, 15) is 0 Å². The van der Waals surface area contributed by atoms with Crippen molar-refractivity contribution in [1.82, 2.24) is 19.9 Å². The molecule has 0 saturated heterocycles. The minimum atomic E-state index is 0.604. The quantitative estimate of drug-likeness (QED) is 0.683. The number of hydrogen-bond acceptors (Lipinski definition) is 5. The van der Waals surface area contributed by atoms with E-state index in [0.717, 1.165) is 22.5 Å². The van der Waals surface area contributed by atoms with Gasteiger partial charge in [0.2, 0.25) is 0 Å². The zero-order valence-corrected chi connectivity index (χ0v) is 9.51. The molecule has 0 aliphatic carbocycles. The highest BCUT2D eigenvalue weighted by atomic mass is 16.5. The van der Waals surface area contributed by atoms with Gasteiger partial charge in [0.1, 0.15) is 17.1 Å². The Hall–Kier alpha value is -2.37. The summed E-state index contributed by atoms with van der Waals surface area (Å²) in [7, 11) is 1.84. The van der Waals surface area contributed by atoms with Gasteiger partial charge >= 0.3 is 0 Å². The van der Waals surface area contributed by atoms with Gasteiger partial charge in [-0.3, -0.25) is 0 Å². The summed E-state index contributed by atoms with van der Waals surface area (Å²) in [6.45, 7) is 1.84. The van der Waals surface area contributed by atoms with E-state index in [1.807, 2.05) is 26.1 Å². The number of pyridine rings is 1. The monoisotopic (exact) mass is 229 g/mol. The van der Waals surface area contributed by atoms with Crippen molar-refractivity contribution in [2.24, 2.45) is 7.05 Å². The van der Waals surface area contributed by atoms with Crippen LogP contribution in [0.15, 0.2) is 22.9 Å². The Kier molecular flexibility index (Phi) is 1.91. The van der Waals surface area contributed by atoms with Crippen LogP contribution in [0.5, 0.6) is 0 Å². The lowest BCUT2D eigenvalue weighted by atomic mass is 10.2. The van der Waals surface area contributed by atoms with Gasteiger partial charge in [0, 0.05) is 13.1 Å². The van der Waals surface area contributed by atoms with Crippen LogP contribution < -0.4 is 5.73 Å². The standard InChI is InChI=1S/C11H11N5O/c1-6-3-9(15-17-6)10-8-4-7(12)5-13-11(8)16(2)14-10/h3-5H,12H2,1-2H3. The van der Waals surface area contributed by atoms with E-state index in [0.29, 0.717) is 11.4 Å². The lowest BCUT2D eigenvalue weighted by molar-refractivity contribution is 0.399. The summed E-state index contributed by atoms with van der Waals surface area (Å²) in [4.78, 5) is 4.25. The fourth-order valence-electron chi connectivity index (χ4n) is 1.82. The lowest BCUT2D eigenvalue weighted by Gasteiger charge is -1.94. The highest BCUT2D eigenvalue weighted by molar-refractivity contribution is 5.91.